The second-order valence-corrected chi connectivity index (χ2v) is 11.9. The largest absolute Gasteiger partial charge is 0.392 e. The Morgan fingerprint density at radius 1 is 0.738 bits per heavy atom. The van der Waals surface area contributed by atoms with Crippen LogP contribution in [0.1, 0.15) is 94.4 Å². The smallest absolute Gasteiger partial charge is 0.261 e. The molecule has 7 nitrogen and oxygen atoms in total. The number of aliphatic hydroxyl groups is 1. The number of ether oxygens (including phenoxy) is 2. The molecule has 3 aromatic carbocycles. The predicted molar refractivity (Wildman–Crippen MR) is 160 cm³/mol. The number of rotatable bonds is 7. The van der Waals surface area contributed by atoms with Gasteiger partial charge in [0.2, 0.25) is 0 Å². The van der Waals surface area contributed by atoms with E-state index in [0.29, 0.717) is 11.1 Å². The van der Waals surface area contributed by atoms with Gasteiger partial charge in [-0.05, 0) is 54.8 Å². The number of likely N-dealkylation sites (tertiary alicyclic amines) is 1. The molecule has 0 aromatic heterocycles. The molecule has 1 N–H and O–H groups in total. The molecule has 0 spiro atoms. The van der Waals surface area contributed by atoms with Gasteiger partial charge < -0.3 is 19.5 Å². The number of aliphatic hydroxyl groups excluding tert-OH is 1. The fourth-order valence-corrected chi connectivity index (χ4v) is 6.42. The van der Waals surface area contributed by atoms with Crippen LogP contribution in [0.3, 0.4) is 0 Å². The number of carbonyl (C=O) groups excluding carboxylic acids is 2. The average molecular weight is 569 g/mol. The van der Waals surface area contributed by atoms with E-state index in [1.165, 1.54) is 37.0 Å². The Bertz CT molecular complexity index is 1350. The van der Waals surface area contributed by atoms with Crippen molar-refractivity contribution in [3.8, 4) is 0 Å². The summed E-state index contributed by atoms with van der Waals surface area (Å²) in [7, 11) is 0. The van der Waals surface area contributed by atoms with E-state index < -0.39 is 6.29 Å². The third kappa shape index (κ3) is 6.06. The minimum atomic E-state index is -0.545. The van der Waals surface area contributed by atoms with Crippen LogP contribution in [0.4, 0.5) is 0 Å². The fourth-order valence-electron chi connectivity index (χ4n) is 6.42. The molecule has 0 radical (unpaired) electrons. The molecular formula is C35H40N2O5. The van der Waals surface area contributed by atoms with Crippen molar-refractivity contribution >= 4 is 11.8 Å². The van der Waals surface area contributed by atoms with Crippen LogP contribution < -0.4 is 0 Å². The van der Waals surface area contributed by atoms with E-state index in [1.807, 2.05) is 48.5 Å². The number of imide groups is 1. The van der Waals surface area contributed by atoms with E-state index in [-0.39, 0.29) is 43.1 Å². The highest BCUT2D eigenvalue weighted by Crippen LogP contribution is 2.42. The van der Waals surface area contributed by atoms with Crippen LogP contribution in [-0.2, 0) is 22.6 Å². The van der Waals surface area contributed by atoms with Crippen LogP contribution in [0.2, 0.25) is 0 Å². The van der Waals surface area contributed by atoms with Gasteiger partial charge in [0.25, 0.3) is 11.8 Å². The highest BCUT2D eigenvalue weighted by molar-refractivity contribution is 6.21. The maximum absolute atomic E-state index is 12.9. The maximum atomic E-state index is 12.9. The van der Waals surface area contributed by atoms with Crippen LogP contribution in [0.15, 0.2) is 72.8 Å². The van der Waals surface area contributed by atoms with Crippen molar-refractivity contribution < 1.29 is 24.2 Å². The molecule has 3 heterocycles. The highest BCUT2D eigenvalue weighted by Gasteiger charge is 2.39. The van der Waals surface area contributed by atoms with E-state index in [1.54, 1.807) is 24.3 Å². The number of hydrogen-bond acceptors (Lipinski definition) is 6. The van der Waals surface area contributed by atoms with Crippen molar-refractivity contribution in [3.05, 3.63) is 106 Å². The average Bonchev–Trinajstić information content (AvgIpc) is 3.24. The van der Waals surface area contributed by atoms with Gasteiger partial charge in [-0.3, -0.25) is 14.5 Å². The zero-order chi connectivity index (χ0) is 29.1. The van der Waals surface area contributed by atoms with Crippen LogP contribution in [0, 0.1) is 5.92 Å². The number of amides is 2. The monoisotopic (exact) mass is 568 g/mol. The minimum Gasteiger partial charge on any atom is -0.392 e. The first-order valence-corrected chi connectivity index (χ1v) is 15.3. The maximum Gasteiger partial charge on any atom is 0.261 e. The SMILES string of the molecule is C[C@@H]1[C@H](CN2CCCCCCC2)O[C@H](c2ccc(CN3C(=O)c4ccccc4C3=O)cc2)O[C@@H]1c1ccc(CO)cc1. The number of fused-ring (bicyclic) bond motifs is 1. The summed E-state index contributed by atoms with van der Waals surface area (Å²) in [5.74, 6) is -0.371. The van der Waals surface area contributed by atoms with E-state index >= 15 is 0 Å². The first kappa shape index (κ1) is 28.7. The Hall–Kier alpha value is -3.36. The van der Waals surface area contributed by atoms with Crippen molar-refractivity contribution in [2.24, 2.45) is 5.92 Å². The Morgan fingerprint density at radius 3 is 1.93 bits per heavy atom. The molecule has 2 fully saturated rings. The molecule has 0 unspecified atom stereocenters. The summed E-state index contributed by atoms with van der Waals surface area (Å²) in [6, 6.07) is 22.8. The van der Waals surface area contributed by atoms with Crippen LogP contribution in [0.5, 0.6) is 0 Å². The lowest BCUT2D eigenvalue weighted by Gasteiger charge is -2.43. The van der Waals surface area contributed by atoms with E-state index in [9.17, 15) is 14.7 Å². The van der Waals surface area contributed by atoms with Crippen molar-refractivity contribution in [2.45, 2.75) is 70.7 Å². The number of benzene rings is 3. The Kier molecular flexibility index (Phi) is 8.81. The molecule has 3 aromatic rings. The van der Waals surface area contributed by atoms with Crippen LogP contribution in [-0.4, -0.2) is 52.5 Å². The van der Waals surface area contributed by atoms with Gasteiger partial charge in [-0.15, -0.1) is 0 Å². The zero-order valence-electron chi connectivity index (χ0n) is 24.3. The molecule has 42 heavy (non-hydrogen) atoms. The van der Waals surface area contributed by atoms with Gasteiger partial charge in [-0.1, -0.05) is 86.8 Å². The minimum absolute atomic E-state index is 0.0104. The third-order valence-electron chi connectivity index (χ3n) is 8.98. The molecule has 2 saturated heterocycles. The number of carbonyl (C=O) groups is 2. The molecule has 220 valence electrons. The summed E-state index contributed by atoms with van der Waals surface area (Å²) in [6.45, 7) is 5.50. The Labute approximate surface area is 248 Å². The van der Waals surface area contributed by atoms with Gasteiger partial charge in [-0.2, -0.15) is 0 Å². The second-order valence-electron chi connectivity index (χ2n) is 11.9. The first-order chi connectivity index (χ1) is 20.5. The summed E-state index contributed by atoms with van der Waals surface area (Å²) in [5, 5.41) is 9.54. The Morgan fingerprint density at radius 2 is 1.31 bits per heavy atom. The van der Waals surface area contributed by atoms with Gasteiger partial charge in [-0.25, -0.2) is 0 Å². The topological polar surface area (TPSA) is 79.3 Å². The zero-order valence-corrected chi connectivity index (χ0v) is 24.3. The molecule has 4 atom stereocenters. The van der Waals surface area contributed by atoms with Crippen LogP contribution in [0.25, 0.3) is 0 Å². The van der Waals surface area contributed by atoms with Crippen molar-refractivity contribution in [3.63, 3.8) is 0 Å². The summed E-state index contributed by atoms with van der Waals surface area (Å²) >= 11 is 0. The summed E-state index contributed by atoms with van der Waals surface area (Å²) in [5.41, 5.74) is 4.64. The van der Waals surface area contributed by atoms with Gasteiger partial charge in [0, 0.05) is 18.0 Å². The van der Waals surface area contributed by atoms with E-state index in [0.717, 1.165) is 41.9 Å². The second kappa shape index (κ2) is 12.9. The van der Waals surface area contributed by atoms with Crippen molar-refractivity contribution in [1.29, 1.82) is 0 Å². The molecular weight excluding hydrogens is 528 g/mol. The van der Waals surface area contributed by atoms with Crippen LogP contribution >= 0.6 is 0 Å². The normalized spacial score (nSPS) is 25.2. The van der Waals surface area contributed by atoms with Gasteiger partial charge in [0.1, 0.15) is 0 Å². The molecule has 0 aliphatic carbocycles. The summed E-state index contributed by atoms with van der Waals surface area (Å²) < 4.78 is 13.3. The lowest BCUT2D eigenvalue weighted by Crippen LogP contribution is -2.45. The molecule has 3 aliphatic heterocycles. The van der Waals surface area contributed by atoms with Crippen molar-refractivity contribution in [1.82, 2.24) is 9.80 Å². The quantitative estimate of drug-likeness (QED) is 0.351. The molecule has 0 bridgehead atoms. The molecule has 7 heteroatoms. The lowest BCUT2D eigenvalue weighted by atomic mass is 9.89. The molecule has 6 rings (SSSR count). The Balaban J connectivity index is 1.20. The summed E-state index contributed by atoms with van der Waals surface area (Å²) in [6.07, 6.45) is 5.64. The molecule has 0 saturated carbocycles. The predicted octanol–water partition coefficient (Wildman–Crippen LogP) is 6.03. The standard InChI is InChI=1S/C35H40N2O5/c1-24-31(22-36-19-7-3-2-4-8-20-36)41-35(42-32(24)27-15-13-26(23-38)14-16-27)28-17-11-25(12-18-28)21-37-33(39)29-9-5-6-10-30(29)34(37)40/h5-6,9-18,24,31-32,35,38H,2-4,7-8,19-23H2,1H3/t24-,31+,32+,35+/m1/s1. The number of hydrogen-bond donors (Lipinski definition) is 1. The highest BCUT2D eigenvalue weighted by atomic mass is 16.7. The third-order valence-corrected chi connectivity index (χ3v) is 8.98. The van der Waals surface area contributed by atoms with Crippen molar-refractivity contribution in [2.75, 3.05) is 19.6 Å². The van der Waals surface area contributed by atoms with Gasteiger partial charge in [0.15, 0.2) is 6.29 Å². The molecule has 3 aliphatic rings. The fraction of sp³-hybridized carbons (Fsp3) is 0.429. The number of nitrogens with zero attached hydrogens (tertiary/aromatic N) is 2. The van der Waals surface area contributed by atoms with Gasteiger partial charge >= 0.3 is 0 Å². The van der Waals surface area contributed by atoms with E-state index in [4.69, 9.17) is 9.47 Å². The van der Waals surface area contributed by atoms with Gasteiger partial charge in [0.05, 0.1) is 36.5 Å². The first-order valence-electron chi connectivity index (χ1n) is 15.3. The summed E-state index contributed by atoms with van der Waals surface area (Å²) in [4.78, 5) is 29.6. The molecule has 2 amide bonds. The van der Waals surface area contributed by atoms with E-state index in [2.05, 4.69) is 11.8 Å². The lowest BCUT2D eigenvalue weighted by molar-refractivity contribution is -0.276.